The van der Waals surface area contributed by atoms with Crippen LogP contribution in [0.1, 0.15) is 44.1 Å². The number of morpholine rings is 1. The number of urea groups is 2. The Kier molecular flexibility index (Phi) is 8.86. The quantitative estimate of drug-likeness (QED) is 0.533. The van der Waals surface area contributed by atoms with Gasteiger partial charge in [0, 0.05) is 37.9 Å². The second kappa shape index (κ2) is 12.3. The van der Waals surface area contributed by atoms with E-state index in [2.05, 4.69) is 10.6 Å². The largest absolute Gasteiger partial charge is 0.481 e. The van der Waals surface area contributed by atoms with Gasteiger partial charge in [0.15, 0.2) is 6.17 Å². The van der Waals surface area contributed by atoms with E-state index >= 15 is 0 Å². The number of carbonyl (C=O) groups is 4. The Labute approximate surface area is 217 Å². The zero-order chi connectivity index (χ0) is 26.4. The summed E-state index contributed by atoms with van der Waals surface area (Å²) in [7, 11) is 0. The van der Waals surface area contributed by atoms with Gasteiger partial charge in [-0.2, -0.15) is 0 Å². The molecule has 2 saturated heterocycles. The molecule has 3 aliphatic rings. The number of rotatable bonds is 6. The van der Waals surface area contributed by atoms with Crippen molar-refractivity contribution in [1.29, 1.82) is 0 Å². The zero-order valence-electron chi connectivity index (χ0n) is 21.4. The van der Waals surface area contributed by atoms with E-state index in [1.54, 1.807) is 11.0 Å². The van der Waals surface area contributed by atoms with Crippen LogP contribution in [0.2, 0.25) is 0 Å². The minimum atomic E-state index is -1.18. The van der Waals surface area contributed by atoms with E-state index in [4.69, 9.17) is 4.74 Å². The summed E-state index contributed by atoms with van der Waals surface area (Å²) in [6, 6.07) is 5.95. The molecular formula is C26H37N5O6. The summed E-state index contributed by atoms with van der Waals surface area (Å²) in [6.07, 6.45) is 3.39. The highest BCUT2D eigenvalue weighted by Gasteiger charge is 2.45. The van der Waals surface area contributed by atoms with Crippen LogP contribution in [-0.2, 0) is 14.3 Å². The molecule has 2 heterocycles. The molecule has 1 saturated carbocycles. The number of nitrogens with zero attached hydrogens (tertiary/aromatic N) is 3. The van der Waals surface area contributed by atoms with E-state index in [9.17, 15) is 24.3 Å². The van der Waals surface area contributed by atoms with E-state index in [0.29, 0.717) is 32.0 Å². The molecule has 11 heteroatoms. The molecule has 1 aliphatic carbocycles. The number of aliphatic carboxylic acids is 1. The first-order valence-corrected chi connectivity index (χ1v) is 13.1. The number of anilines is 1. The maximum atomic E-state index is 13.7. The van der Waals surface area contributed by atoms with Gasteiger partial charge < -0.3 is 25.4 Å². The molecule has 0 radical (unpaired) electrons. The normalized spacial score (nSPS) is 21.4. The highest BCUT2D eigenvalue weighted by atomic mass is 16.5. The molecule has 11 nitrogen and oxygen atoms in total. The van der Waals surface area contributed by atoms with Gasteiger partial charge in [-0.15, -0.1) is 0 Å². The summed E-state index contributed by atoms with van der Waals surface area (Å²) >= 11 is 0. The summed E-state index contributed by atoms with van der Waals surface area (Å²) in [5.41, 5.74) is 1.56. The number of carboxylic acid groups (broad SMARTS) is 1. The minimum absolute atomic E-state index is 0.0492. The van der Waals surface area contributed by atoms with Gasteiger partial charge >= 0.3 is 18.0 Å². The van der Waals surface area contributed by atoms with Crippen LogP contribution < -0.4 is 10.6 Å². The topological polar surface area (TPSA) is 132 Å². The number of carbonyl (C=O) groups excluding carboxylic acids is 3. The predicted octanol–water partition coefficient (Wildman–Crippen LogP) is 2.46. The summed E-state index contributed by atoms with van der Waals surface area (Å²) in [5.74, 6) is -1.47. The Hall–Kier alpha value is -3.34. The van der Waals surface area contributed by atoms with E-state index in [-0.39, 0.29) is 31.5 Å². The van der Waals surface area contributed by atoms with Crippen LogP contribution in [-0.4, -0.2) is 95.3 Å². The van der Waals surface area contributed by atoms with E-state index in [0.717, 1.165) is 37.7 Å². The van der Waals surface area contributed by atoms with Crippen molar-refractivity contribution < 1.29 is 29.0 Å². The monoisotopic (exact) mass is 515 g/mol. The van der Waals surface area contributed by atoms with Crippen molar-refractivity contribution in [2.24, 2.45) is 5.92 Å². The lowest BCUT2D eigenvalue weighted by atomic mass is 9.82. The molecule has 37 heavy (non-hydrogen) atoms. The van der Waals surface area contributed by atoms with Crippen LogP contribution in [0.3, 0.4) is 0 Å². The summed E-state index contributed by atoms with van der Waals surface area (Å²) in [6.45, 7) is 3.93. The Bertz CT molecular complexity index is 991. The van der Waals surface area contributed by atoms with Crippen LogP contribution in [0.25, 0.3) is 0 Å². The van der Waals surface area contributed by atoms with E-state index in [1.165, 1.54) is 9.80 Å². The van der Waals surface area contributed by atoms with Crippen LogP contribution >= 0.6 is 0 Å². The summed E-state index contributed by atoms with van der Waals surface area (Å²) < 4.78 is 5.36. The van der Waals surface area contributed by atoms with Crippen LogP contribution in [0.15, 0.2) is 24.3 Å². The standard InChI is InChI=1S/C26H37N5O6/c1-18-6-5-9-20(16-18)27-25(35)30-10-11-31(26(36)29-12-14-37-15-13-29)24(30)23(34)28-21(17-22(32)33)19-7-3-2-4-8-19/h5-6,9,16,19,21,24H,2-4,7-8,10-15,17H2,1H3,(H,27,35)(H,28,34)(H,32,33). The third kappa shape index (κ3) is 6.71. The first-order valence-electron chi connectivity index (χ1n) is 13.1. The van der Waals surface area contributed by atoms with Crippen molar-refractivity contribution in [1.82, 2.24) is 20.0 Å². The van der Waals surface area contributed by atoms with Gasteiger partial charge in [0.05, 0.1) is 19.6 Å². The molecule has 2 atom stereocenters. The molecule has 0 bridgehead atoms. The fourth-order valence-electron chi connectivity index (χ4n) is 5.50. The second-order valence-corrected chi connectivity index (χ2v) is 10.1. The first-order chi connectivity index (χ1) is 17.8. The maximum Gasteiger partial charge on any atom is 0.323 e. The number of carboxylic acids is 1. The molecule has 4 rings (SSSR count). The molecule has 3 fully saturated rings. The Morgan fingerprint density at radius 1 is 1.03 bits per heavy atom. The third-order valence-corrected chi connectivity index (χ3v) is 7.41. The molecule has 3 N–H and O–H groups in total. The lowest BCUT2D eigenvalue weighted by molar-refractivity contribution is -0.138. The van der Waals surface area contributed by atoms with Gasteiger partial charge in [-0.1, -0.05) is 31.4 Å². The average molecular weight is 516 g/mol. The fraction of sp³-hybridized carbons (Fsp3) is 0.615. The van der Waals surface area contributed by atoms with Crippen molar-refractivity contribution in [2.45, 2.75) is 57.7 Å². The van der Waals surface area contributed by atoms with Crippen molar-refractivity contribution in [3.05, 3.63) is 29.8 Å². The number of aryl methyl sites for hydroxylation is 1. The fourth-order valence-corrected chi connectivity index (χ4v) is 5.50. The lowest BCUT2D eigenvalue weighted by Crippen LogP contribution is -2.59. The van der Waals surface area contributed by atoms with Gasteiger partial charge in [-0.05, 0) is 43.4 Å². The van der Waals surface area contributed by atoms with Crippen LogP contribution in [0.4, 0.5) is 15.3 Å². The molecule has 1 aromatic rings. The van der Waals surface area contributed by atoms with Crippen LogP contribution in [0.5, 0.6) is 0 Å². The SMILES string of the molecule is Cc1cccc(NC(=O)N2CCN(C(=O)N3CCOCC3)C2C(=O)NC(CC(=O)O)C2CCCCC2)c1. The molecular weight excluding hydrogens is 478 g/mol. The summed E-state index contributed by atoms with van der Waals surface area (Å²) in [4.78, 5) is 56.5. The van der Waals surface area contributed by atoms with Gasteiger partial charge in [-0.3, -0.25) is 19.4 Å². The second-order valence-electron chi connectivity index (χ2n) is 10.1. The number of hydrogen-bond acceptors (Lipinski definition) is 5. The number of amides is 5. The van der Waals surface area contributed by atoms with Crippen molar-refractivity contribution in [2.75, 3.05) is 44.7 Å². The summed E-state index contributed by atoms with van der Waals surface area (Å²) in [5, 5.41) is 15.3. The minimum Gasteiger partial charge on any atom is -0.481 e. The Morgan fingerprint density at radius 3 is 2.41 bits per heavy atom. The van der Waals surface area contributed by atoms with Crippen LogP contribution in [0, 0.1) is 12.8 Å². The average Bonchev–Trinajstić information content (AvgIpc) is 3.34. The number of ether oxygens (including phenoxy) is 1. The Morgan fingerprint density at radius 2 is 1.73 bits per heavy atom. The Balaban J connectivity index is 1.55. The molecule has 1 aromatic carbocycles. The molecule has 0 aromatic heterocycles. The molecule has 2 aliphatic heterocycles. The molecule has 5 amide bonds. The molecule has 202 valence electrons. The number of benzene rings is 1. The van der Waals surface area contributed by atoms with Crippen molar-refractivity contribution >= 4 is 29.6 Å². The number of hydrogen-bond donors (Lipinski definition) is 3. The predicted molar refractivity (Wildman–Crippen MR) is 136 cm³/mol. The van der Waals surface area contributed by atoms with E-state index < -0.39 is 30.1 Å². The lowest BCUT2D eigenvalue weighted by Gasteiger charge is -2.36. The smallest absolute Gasteiger partial charge is 0.323 e. The van der Waals surface area contributed by atoms with Gasteiger partial charge in [0.1, 0.15) is 0 Å². The van der Waals surface area contributed by atoms with Gasteiger partial charge in [0.25, 0.3) is 5.91 Å². The first kappa shape index (κ1) is 26.7. The molecule has 0 spiro atoms. The van der Waals surface area contributed by atoms with Gasteiger partial charge in [0.2, 0.25) is 0 Å². The molecule has 2 unspecified atom stereocenters. The number of nitrogens with one attached hydrogen (secondary N) is 2. The van der Waals surface area contributed by atoms with Gasteiger partial charge in [-0.25, -0.2) is 9.59 Å². The van der Waals surface area contributed by atoms with E-state index in [1.807, 2.05) is 25.1 Å². The van der Waals surface area contributed by atoms with Crippen molar-refractivity contribution in [3.63, 3.8) is 0 Å². The highest BCUT2D eigenvalue weighted by molar-refractivity contribution is 5.96. The van der Waals surface area contributed by atoms with Crippen molar-refractivity contribution in [3.8, 4) is 0 Å². The highest BCUT2D eigenvalue weighted by Crippen LogP contribution is 2.29. The maximum absolute atomic E-state index is 13.7. The zero-order valence-corrected chi connectivity index (χ0v) is 21.4. The third-order valence-electron chi connectivity index (χ3n) is 7.41.